The zero-order valence-electron chi connectivity index (χ0n) is 16.7. The second-order valence-corrected chi connectivity index (χ2v) is 6.78. The van der Waals surface area contributed by atoms with Crippen molar-refractivity contribution >= 4 is 23.5 Å². The summed E-state index contributed by atoms with van der Waals surface area (Å²) >= 11 is 0. The monoisotopic (exact) mass is 391 g/mol. The van der Waals surface area contributed by atoms with Crippen LogP contribution in [0.1, 0.15) is 49.0 Å². The largest absolute Gasteiger partial charge is 0.399 e. The summed E-state index contributed by atoms with van der Waals surface area (Å²) in [7, 11) is 0. The molecule has 0 spiro atoms. The molecule has 0 aliphatic rings. The van der Waals surface area contributed by atoms with E-state index >= 15 is 0 Å². The van der Waals surface area contributed by atoms with Gasteiger partial charge in [0.15, 0.2) is 5.96 Å². The maximum Gasteiger partial charge on any atom is 0.251 e. The fourth-order valence-electron chi connectivity index (χ4n) is 2.70. The van der Waals surface area contributed by atoms with E-state index in [0.717, 1.165) is 12.0 Å². The highest BCUT2D eigenvalue weighted by atomic mass is 16.2. The molecule has 1 aromatic rings. The lowest BCUT2D eigenvalue weighted by molar-refractivity contribution is -0.123. The Bertz CT molecular complexity index is 687. The number of aryl methyl sites for hydroxylation is 1. The lowest BCUT2D eigenvalue weighted by atomic mass is 10.0. The molecular weight excluding hydrogens is 358 g/mol. The fraction of sp³-hybridized carbons (Fsp3) is 0.526. The van der Waals surface area contributed by atoms with Gasteiger partial charge in [-0.05, 0) is 56.4 Å². The van der Waals surface area contributed by atoms with Crippen molar-refractivity contribution in [3.8, 4) is 0 Å². The molecule has 0 unspecified atom stereocenters. The summed E-state index contributed by atoms with van der Waals surface area (Å²) in [6.45, 7) is 4.73. The Morgan fingerprint density at radius 2 is 1.93 bits per heavy atom. The first-order chi connectivity index (χ1) is 13.2. The number of amides is 2. The molecule has 9 nitrogen and oxygen atoms in total. The van der Waals surface area contributed by atoms with Gasteiger partial charge < -0.3 is 33.6 Å². The molecule has 1 rings (SSSR count). The van der Waals surface area contributed by atoms with Gasteiger partial charge in [-0.1, -0.05) is 6.92 Å². The van der Waals surface area contributed by atoms with Gasteiger partial charge in [0.1, 0.15) is 0 Å². The van der Waals surface area contributed by atoms with Crippen molar-refractivity contribution in [1.29, 1.82) is 0 Å². The van der Waals surface area contributed by atoms with E-state index in [1.807, 2.05) is 19.9 Å². The third kappa shape index (κ3) is 8.26. The van der Waals surface area contributed by atoms with Crippen LogP contribution in [0.4, 0.5) is 5.69 Å². The fourth-order valence-corrected chi connectivity index (χ4v) is 2.70. The van der Waals surface area contributed by atoms with Gasteiger partial charge >= 0.3 is 0 Å². The second-order valence-electron chi connectivity index (χ2n) is 6.78. The van der Waals surface area contributed by atoms with E-state index in [1.165, 1.54) is 0 Å². The number of nitrogens with two attached hydrogens (primary N) is 4. The summed E-state index contributed by atoms with van der Waals surface area (Å²) in [4.78, 5) is 28.3. The van der Waals surface area contributed by atoms with Gasteiger partial charge in [-0.25, -0.2) is 0 Å². The summed E-state index contributed by atoms with van der Waals surface area (Å²) in [5.41, 5.74) is 24.3. The zero-order chi connectivity index (χ0) is 21.1. The summed E-state index contributed by atoms with van der Waals surface area (Å²) < 4.78 is 0. The molecule has 0 saturated heterocycles. The van der Waals surface area contributed by atoms with Gasteiger partial charge in [0.05, 0.1) is 6.04 Å². The standard InChI is InChI=1S/C19H33N7O2/c1-3-13-11-14(20)6-7-15(13)17(27)24-10-8-12(2)26-18(28)16(21)5-4-9-25-19(22)23/h6-7,11-12,16H,3-5,8-10,20-21H2,1-2H3,(H,24,27)(H,26,28)(H4,22,23,25)/t12-,16-/m0/s1. The third-order valence-corrected chi connectivity index (χ3v) is 4.31. The minimum atomic E-state index is -0.617. The van der Waals surface area contributed by atoms with E-state index < -0.39 is 6.04 Å². The normalized spacial score (nSPS) is 12.7. The van der Waals surface area contributed by atoms with Crippen LogP contribution < -0.4 is 33.6 Å². The molecule has 0 aromatic heterocycles. The van der Waals surface area contributed by atoms with Crippen LogP contribution in [0, 0.1) is 0 Å². The molecule has 2 amide bonds. The van der Waals surface area contributed by atoms with E-state index in [0.29, 0.717) is 43.6 Å². The predicted molar refractivity (Wildman–Crippen MR) is 113 cm³/mol. The van der Waals surface area contributed by atoms with E-state index in [9.17, 15) is 9.59 Å². The Kier molecular flexibility index (Phi) is 9.80. The van der Waals surface area contributed by atoms with Gasteiger partial charge in [0.25, 0.3) is 5.91 Å². The van der Waals surface area contributed by atoms with Gasteiger partial charge in [-0.3, -0.25) is 14.6 Å². The summed E-state index contributed by atoms with van der Waals surface area (Å²) in [5, 5.41) is 5.73. The van der Waals surface area contributed by atoms with Crippen LogP contribution in [0.25, 0.3) is 0 Å². The average molecular weight is 392 g/mol. The minimum Gasteiger partial charge on any atom is -0.399 e. The summed E-state index contributed by atoms with van der Waals surface area (Å²) in [6.07, 6.45) is 2.43. The molecule has 0 aliphatic carbocycles. The van der Waals surface area contributed by atoms with Gasteiger partial charge in [-0.2, -0.15) is 0 Å². The molecule has 9 heteroatoms. The van der Waals surface area contributed by atoms with Crippen LogP contribution in [0.5, 0.6) is 0 Å². The highest BCUT2D eigenvalue weighted by Gasteiger charge is 2.16. The van der Waals surface area contributed by atoms with Crippen molar-refractivity contribution in [3.63, 3.8) is 0 Å². The van der Waals surface area contributed by atoms with Crippen molar-refractivity contribution in [2.24, 2.45) is 22.2 Å². The molecular formula is C19H33N7O2. The molecule has 156 valence electrons. The molecule has 0 radical (unpaired) electrons. The molecule has 0 heterocycles. The van der Waals surface area contributed by atoms with Crippen LogP contribution in [0.3, 0.4) is 0 Å². The van der Waals surface area contributed by atoms with Gasteiger partial charge in [-0.15, -0.1) is 0 Å². The zero-order valence-corrected chi connectivity index (χ0v) is 16.7. The van der Waals surface area contributed by atoms with Crippen LogP contribution in [0.15, 0.2) is 23.2 Å². The Morgan fingerprint density at radius 3 is 2.57 bits per heavy atom. The molecule has 0 aliphatic heterocycles. The molecule has 0 fully saturated rings. The number of carbonyl (C=O) groups is 2. The van der Waals surface area contributed by atoms with Crippen molar-refractivity contribution in [3.05, 3.63) is 29.3 Å². The van der Waals surface area contributed by atoms with E-state index in [1.54, 1.807) is 12.1 Å². The van der Waals surface area contributed by atoms with Crippen molar-refractivity contribution < 1.29 is 9.59 Å². The van der Waals surface area contributed by atoms with E-state index in [4.69, 9.17) is 22.9 Å². The van der Waals surface area contributed by atoms with Crippen LogP contribution in [-0.2, 0) is 11.2 Å². The average Bonchev–Trinajstić information content (AvgIpc) is 2.64. The first-order valence-corrected chi connectivity index (χ1v) is 9.52. The predicted octanol–water partition coefficient (Wildman–Crippen LogP) is -0.163. The Hall–Kier alpha value is -2.81. The van der Waals surface area contributed by atoms with Crippen molar-refractivity contribution in [2.75, 3.05) is 18.8 Å². The molecule has 0 bridgehead atoms. The number of aliphatic imine (C=N–C) groups is 1. The van der Waals surface area contributed by atoms with Crippen LogP contribution >= 0.6 is 0 Å². The number of hydrogen-bond donors (Lipinski definition) is 6. The SMILES string of the molecule is CCc1cc(N)ccc1C(=O)NCC[C@H](C)NC(=O)[C@@H](N)CCCN=C(N)N. The maximum absolute atomic E-state index is 12.4. The first kappa shape index (κ1) is 23.2. The van der Waals surface area contributed by atoms with Crippen molar-refractivity contribution in [1.82, 2.24) is 10.6 Å². The molecule has 10 N–H and O–H groups in total. The highest BCUT2D eigenvalue weighted by Crippen LogP contribution is 2.14. The lowest BCUT2D eigenvalue weighted by Crippen LogP contribution is -2.45. The summed E-state index contributed by atoms with van der Waals surface area (Å²) in [5.74, 6) is -0.346. The van der Waals surface area contributed by atoms with E-state index in [2.05, 4.69) is 15.6 Å². The number of nitrogens with zero attached hydrogens (tertiary/aromatic N) is 1. The Labute approximate surface area is 166 Å². The molecule has 2 atom stereocenters. The van der Waals surface area contributed by atoms with Gasteiger partial charge in [0.2, 0.25) is 5.91 Å². The number of rotatable bonds is 11. The number of anilines is 1. The topological polar surface area (TPSA) is 175 Å². The molecule has 1 aromatic carbocycles. The maximum atomic E-state index is 12.4. The first-order valence-electron chi connectivity index (χ1n) is 9.52. The Balaban J connectivity index is 2.36. The third-order valence-electron chi connectivity index (χ3n) is 4.31. The van der Waals surface area contributed by atoms with Crippen LogP contribution in [0.2, 0.25) is 0 Å². The lowest BCUT2D eigenvalue weighted by Gasteiger charge is -2.18. The smallest absolute Gasteiger partial charge is 0.251 e. The summed E-state index contributed by atoms with van der Waals surface area (Å²) in [6, 6.07) is 4.52. The minimum absolute atomic E-state index is 0.0266. The quantitative estimate of drug-likeness (QED) is 0.132. The number of nitrogens with one attached hydrogen (secondary N) is 2. The highest BCUT2D eigenvalue weighted by molar-refractivity contribution is 5.96. The molecule has 28 heavy (non-hydrogen) atoms. The molecule has 0 saturated carbocycles. The second kappa shape index (κ2) is 11.8. The van der Waals surface area contributed by atoms with Crippen LogP contribution in [-0.4, -0.2) is 42.9 Å². The Morgan fingerprint density at radius 1 is 1.21 bits per heavy atom. The number of nitrogen functional groups attached to an aromatic ring is 1. The number of benzene rings is 1. The van der Waals surface area contributed by atoms with Crippen molar-refractivity contribution in [2.45, 2.75) is 51.6 Å². The number of guanidine groups is 1. The number of carbonyl (C=O) groups excluding carboxylic acids is 2. The van der Waals surface area contributed by atoms with E-state index in [-0.39, 0.29) is 23.8 Å². The number of hydrogen-bond acceptors (Lipinski definition) is 5. The van der Waals surface area contributed by atoms with Gasteiger partial charge in [0, 0.05) is 30.4 Å².